The molecule has 108 valence electrons. The maximum absolute atomic E-state index is 9.28. The summed E-state index contributed by atoms with van der Waals surface area (Å²) in [5.41, 5.74) is 0. The summed E-state index contributed by atoms with van der Waals surface area (Å²) in [6.45, 7) is 6.51. The number of aliphatic hydroxyl groups excluding tert-OH is 1. The number of nitrogens with zero attached hydrogens (tertiary/aromatic N) is 3. The molecule has 1 aliphatic rings. The first-order valence-electron chi connectivity index (χ1n) is 7.42. The lowest BCUT2D eigenvalue weighted by Gasteiger charge is -2.34. The number of piperidine rings is 1. The first-order chi connectivity index (χ1) is 9.24. The molecule has 2 atom stereocenters. The zero-order valence-corrected chi connectivity index (χ0v) is 12.0. The number of unbranched alkanes of at least 4 members (excludes halogenated alkanes) is 1. The zero-order chi connectivity index (χ0) is 13.7. The van der Waals surface area contributed by atoms with E-state index in [9.17, 15) is 5.11 Å². The zero-order valence-electron chi connectivity index (χ0n) is 12.0. The molecular formula is C14H25N3O2. The van der Waals surface area contributed by atoms with Crippen molar-refractivity contribution in [2.75, 3.05) is 19.7 Å². The largest absolute Gasteiger partial charge is 0.396 e. The van der Waals surface area contributed by atoms with Crippen LogP contribution in [0.15, 0.2) is 4.52 Å². The number of aliphatic hydroxyl groups is 1. The molecule has 0 aromatic carbocycles. The standard InChI is InChI=1S/C14H25N3O2/c1-3-4-7-13-15-14(19-16-13)11(2)17-8-5-6-12(9-17)10-18/h11-12,18H,3-10H2,1-2H3. The molecule has 0 aliphatic carbocycles. The monoisotopic (exact) mass is 267 g/mol. The highest BCUT2D eigenvalue weighted by molar-refractivity contribution is 4.93. The van der Waals surface area contributed by atoms with Gasteiger partial charge in [-0.1, -0.05) is 18.5 Å². The third-order valence-electron chi connectivity index (χ3n) is 3.95. The van der Waals surface area contributed by atoms with Crippen LogP contribution in [0.5, 0.6) is 0 Å². The Morgan fingerprint density at radius 3 is 3.11 bits per heavy atom. The topological polar surface area (TPSA) is 62.4 Å². The summed E-state index contributed by atoms with van der Waals surface area (Å²) in [5, 5.41) is 13.3. The van der Waals surface area contributed by atoms with E-state index in [1.165, 1.54) is 0 Å². The Morgan fingerprint density at radius 1 is 1.53 bits per heavy atom. The van der Waals surface area contributed by atoms with Crippen LogP contribution in [0.3, 0.4) is 0 Å². The Bertz CT molecular complexity index is 381. The molecule has 1 N–H and O–H groups in total. The molecule has 19 heavy (non-hydrogen) atoms. The maximum Gasteiger partial charge on any atom is 0.243 e. The summed E-state index contributed by atoms with van der Waals surface area (Å²) in [4.78, 5) is 6.83. The molecule has 0 bridgehead atoms. The highest BCUT2D eigenvalue weighted by atomic mass is 16.5. The van der Waals surface area contributed by atoms with E-state index in [2.05, 4.69) is 28.9 Å². The van der Waals surface area contributed by atoms with E-state index < -0.39 is 0 Å². The van der Waals surface area contributed by atoms with Crippen molar-refractivity contribution in [2.24, 2.45) is 5.92 Å². The molecular weight excluding hydrogens is 242 g/mol. The van der Waals surface area contributed by atoms with Gasteiger partial charge >= 0.3 is 0 Å². The molecule has 5 nitrogen and oxygen atoms in total. The molecule has 0 spiro atoms. The van der Waals surface area contributed by atoms with Gasteiger partial charge < -0.3 is 9.63 Å². The first-order valence-corrected chi connectivity index (χ1v) is 7.42. The molecule has 0 saturated carbocycles. The number of aryl methyl sites for hydroxylation is 1. The second-order valence-corrected chi connectivity index (χ2v) is 5.51. The van der Waals surface area contributed by atoms with Gasteiger partial charge in [0.1, 0.15) is 0 Å². The Kier molecular flexibility index (Phi) is 5.34. The van der Waals surface area contributed by atoms with Crippen LogP contribution < -0.4 is 0 Å². The predicted octanol–water partition coefficient (Wildman–Crippen LogP) is 2.18. The fourth-order valence-corrected chi connectivity index (χ4v) is 2.63. The van der Waals surface area contributed by atoms with E-state index in [0.717, 1.165) is 51.0 Å². The van der Waals surface area contributed by atoms with Crippen LogP contribution in [-0.4, -0.2) is 39.8 Å². The smallest absolute Gasteiger partial charge is 0.243 e. The summed E-state index contributed by atoms with van der Waals surface area (Å²) >= 11 is 0. The molecule has 1 saturated heterocycles. The predicted molar refractivity (Wildman–Crippen MR) is 72.7 cm³/mol. The summed E-state index contributed by atoms with van der Waals surface area (Å²) in [6, 6.07) is 0.150. The van der Waals surface area contributed by atoms with Crippen LogP contribution in [0.4, 0.5) is 0 Å². The van der Waals surface area contributed by atoms with Gasteiger partial charge in [-0.3, -0.25) is 4.90 Å². The lowest BCUT2D eigenvalue weighted by molar-refractivity contribution is 0.0810. The first kappa shape index (κ1) is 14.5. The molecule has 0 radical (unpaired) electrons. The average molecular weight is 267 g/mol. The molecule has 1 fully saturated rings. The number of hydrogen-bond donors (Lipinski definition) is 1. The minimum Gasteiger partial charge on any atom is -0.396 e. The second kappa shape index (κ2) is 7.01. The van der Waals surface area contributed by atoms with Crippen molar-refractivity contribution in [3.63, 3.8) is 0 Å². The fraction of sp³-hybridized carbons (Fsp3) is 0.857. The normalized spacial score (nSPS) is 22.6. The Morgan fingerprint density at radius 2 is 2.37 bits per heavy atom. The van der Waals surface area contributed by atoms with Crippen molar-refractivity contribution in [1.29, 1.82) is 0 Å². The van der Waals surface area contributed by atoms with Crippen LogP contribution in [0.1, 0.15) is 57.3 Å². The van der Waals surface area contributed by atoms with Crippen molar-refractivity contribution >= 4 is 0 Å². The third kappa shape index (κ3) is 3.76. The number of likely N-dealkylation sites (tertiary alicyclic amines) is 1. The Balaban J connectivity index is 1.94. The van der Waals surface area contributed by atoms with Gasteiger partial charge in [0.15, 0.2) is 5.82 Å². The SMILES string of the molecule is CCCCc1noc(C(C)N2CCCC(CO)C2)n1. The van der Waals surface area contributed by atoms with E-state index in [0.29, 0.717) is 11.8 Å². The van der Waals surface area contributed by atoms with Gasteiger partial charge in [-0.15, -0.1) is 0 Å². The summed E-state index contributed by atoms with van der Waals surface area (Å²) in [7, 11) is 0. The van der Waals surface area contributed by atoms with E-state index in [4.69, 9.17) is 4.52 Å². The number of rotatable bonds is 6. The molecule has 2 rings (SSSR count). The third-order valence-corrected chi connectivity index (χ3v) is 3.95. The molecule has 1 aromatic rings. The van der Waals surface area contributed by atoms with Gasteiger partial charge in [-0.05, 0) is 38.6 Å². The molecule has 5 heteroatoms. The van der Waals surface area contributed by atoms with Gasteiger partial charge in [-0.2, -0.15) is 4.98 Å². The minimum absolute atomic E-state index is 0.150. The van der Waals surface area contributed by atoms with E-state index >= 15 is 0 Å². The van der Waals surface area contributed by atoms with E-state index in [1.807, 2.05) is 0 Å². The lowest BCUT2D eigenvalue weighted by Crippen LogP contribution is -2.38. The summed E-state index contributed by atoms with van der Waals surface area (Å²) < 4.78 is 5.38. The van der Waals surface area contributed by atoms with Crippen LogP contribution in [0, 0.1) is 5.92 Å². The summed E-state index contributed by atoms with van der Waals surface area (Å²) in [6.07, 6.45) is 5.39. The van der Waals surface area contributed by atoms with Gasteiger partial charge in [0.05, 0.1) is 6.04 Å². The Labute approximate surface area is 115 Å². The molecule has 2 unspecified atom stereocenters. The van der Waals surface area contributed by atoms with Crippen LogP contribution in [0.25, 0.3) is 0 Å². The quantitative estimate of drug-likeness (QED) is 0.856. The van der Waals surface area contributed by atoms with Crippen LogP contribution in [-0.2, 0) is 6.42 Å². The number of hydrogen-bond acceptors (Lipinski definition) is 5. The highest BCUT2D eigenvalue weighted by Crippen LogP contribution is 2.25. The van der Waals surface area contributed by atoms with Gasteiger partial charge in [0, 0.05) is 19.6 Å². The van der Waals surface area contributed by atoms with Gasteiger partial charge in [0.25, 0.3) is 0 Å². The lowest BCUT2D eigenvalue weighted by atomic mass is 9.98. The fourth-order valence-electron chi connectivity index (χ4n) is 2.63. The highest BCUT2D eigenvalue weighted by Gasteiger charge is 2.27. The number of aromatic nitrogens is 2. The average Bonchev–Trinajstić information content (AvgIpc) is 2.93. The molecule has 2 heterocycles. The van der Waals surface area contributed by atoms with Crippen molar-refractivity contribution in [1.82, 2.24) is 15.0 Å². The van der Waals surface area contributed by atoms with E-state index in [1.54, 1.807) is 0 Å². The molecule has 0 amide bonds. The van der Waals surface area contributed by atoms with Crippen molar-refractivity contribution in [2.45, 2.75) is 52.0 Å². The van der Waals surface area contributed by atoms with Crippen LogP contribution >= 0.6 is 0 Å². The van der Waals surface area contributed by atoms with Gasteiger partial charge in [0.2, 0.25) is 5.89 Å². The maximum atomic E-state index is 9.28. The van der Waals surface area contributed by atoms with Crippen molar-refractivity contribution in [3.05, 3.63) is 11.7 Å². The Hall–Kier alpha value is -0.940. The van der Waals surface area contributed by atoms with E-state index in [-0.39, 0.29) is 12.6 Å². The second-order valence-electron chi connectivity index (χ2n) is 5.51. The molecule has 1 aliphatic heterocycles. The van der Waals surface area contributed by atoms with Crippen molar-refractivity contribution < 1.29 is 9.63 Å². The minimum atomic E-state index is 0.150. The van der Waals surface area contributed by atoms with Crippen molar-refractivity contribution in [3.8, 4) is 0 Å². The molecule has 1 aromatic heterocycles. The van der Waals surface area contributed by atoms with Crippen LogP contribution in [0.2, 0.25) is 0 Å². The summed E-state index contributed by atoms with van der Waals surface area (Å²) in [5.74, 6) is 1.92. The van der Waals surface area contributed by atoms with Gasteiger partial charge in [-0.25, -0.2) is 0 Å².